The number of hydrogen-bond acceptors (Lipinski definition) is 3. The molecule has 0 unspecified atom stereocenters. The minimum Gasteiger partial charge on any atom is -0.377 e. The highest BCUT2D eigenvalue weighted by Crippen LogP contribution is 2.03. The first-order chi connectivity index (χ1) is 6.52. The van der Waals surface area contributed by atoms with Gasteiger partial charge in [0, 0.05) is 20.2 Å². The molecule has 0 rings (SSSR count). The number of carbonyl (C=O) groups excluding carboxylic acids is 1. The van der Waals surface area contributed by atoms with E-state index in [0.29, 0.717) is 13.1 Å². The van der Waals surface area contributed by atoms with Gasteiger partial charge >= 0.3 is 0 Å². The van der Waals surface area contributed by atoms with Gasteiger partial charge in [0.05, 0.1) is 12.1 Å². The molecule has 84 valence electrons. The third kappa shape index (κ3) is 6.86. The molecule has 0 aliphatic rings. The maximum atomic E-state index is 11.2. The van der Waals surface area contributed by atoms with Crippen LogP contribution in [-0.4, -0.2) is 38.3 Å². The molecule has 0 saturated carbocycles. The standard InChI is InChI=1S/C10H22N2O2/c1-5-6-12-9(13)7-11-8-10(2,3)14-4/h11H,5-8H2,1-4H3,(H,12,13). The van der Waals surface area contributed by atoms with Crippen molar-refractivity contribution in [2.75, 3.05) is 26.7 Å². The molecule has 1 amide bonds. The SMILES string of the molecule is CCCNC(=O)CNCC(C)(C)OC. The van der Waals surface area contributed by atoms with E-state index in [4.69, 9.17) is 4.74 Å². The summed E-state index contributed by atoms with van der Waals surface area (Å²) < 4.78 is 5.21. The maximum absolute atomic E-state index is 11.2. The van der Waals surface area contributed by atoms with E-state index in [9.17, 15) is 4.79 Å². The van der Waals surface area contributed by atoms with Crippen LogP contribution >= 0.6 is 0 Å². The van der Waals surface area contributed by atoms with Gasteiger partial charge in [-0.1, -0.05) is 6.92 Å². The minimum absolute atomic E-state index is 0.0405. The van der Waals surface area contributed by atoms with Gasteiger partial charge in [0.25, 0.3) is 0 Å². The van der Waals surface area contributed by atoms with E-state index in [1.54, 1.807) is 7.11 Å². The molecule has 0 saturated heterocycles. The third-order valence-electron chi connectivity index (χ3n) is 1.96. The number of nitrogens with one attached hydrogen (secondary N) is 2. The quantitative estimate of drug-likeness (QED) is 0.633. The molecular formula is C10H22N2O2. The van der Waals surface area contributed by atoms with Crippen molar-refractivity contribution >= 4 is 5.91 Å². The molecule has 0 aromatic rings. The first kappa shape index (κ1) is 13.4. The predicted octanol–water partition coefficient (Wildman–Crippen LogP) is 0.527. The highest BCUT2D eigenvalue weighted by molar-refractivity contribution is 5.77. The Balaban J connectivity index is 3.49. The van der Waals surface area contributed by atoms with Crippen molar-refractivity contribution in [1.82, 2.24) is 10.6 Å². The monoisotopic (exact) mass is 202 g/mol. The minimum atomic E-state index is -0.217. The lowest BCUT2D eigenvalue weighted by molar-refractivity contribution is -0.120. The number of carbonyl (C=O) groups is 1. The lowest BCUT2D eigenvalue weighted by atomic mass is 10.1. The van der Waals surface area contributed by atoms with Gasteiger partial charge in [0.1, 0.15) is 0 Å². The molecule has 4 heteroatoms. The van der Waals surface area contributed by atoms with E-state index in [-0.39, 0.29) is 11.5 Å². The largest absolute Gasteiger partial charge is 0.377 e. The molecule has 14 heavy (non-hydrogen) atoms. The molecule has 0 aliphatic heterocycles. The zero-order chi connectivity index (χ0) is 11.0. The molecule has 0 atom stereocenters. The van der Waals surface area contributed by atoms with E-state index >= 15 is 0 Å². The average molecular weight is 202 g/mol. The highest BCUT2D eigenvalue weighted by atomic mass is 16.5. The maximum Gasteiger partial charge on any atom is 0.233 e. The zero-order valence-corrected chi connectivity index (χ0v) is 9.64. The van der Waals surface area contributed by atoms with Crippen LogP contribution < -0.4 is 10.6 Å². The van der Waals surface area contributed by atoms with Crippen molar-refractivity contribution in [1.29, 1.82) is 0 Å². The lowest BCUT2D eigenvalue weighted by Crippen LogP contribution is -2.42. The summed E-state index contributed by atoms with van der Waals surface area (Å²) >= 11 is 0. The lowest BCUT2D eigenvalue weighted by Gasteiger charge is -2.22. The molecule has 0 bridgehead atoms. The second kappa shape index (κ2) is 6.79. The molecule has 0 radical (unpaired) electrons. The molecule has 0 aliphatic carbocycles. The Kier molecular flexibility index (Phi) is 6.49. The van der Waals surface area contributed by atoms with Crippen LogP contribution in [0.4, 0.5) is 0 Å². The van der Waals surface area contributed by atoms with Crippen molar-refractivity contribution in [3.05, 3.63) is 0 Å². The molecule has 0 aromatic heterocycles. The summed E-state index contributed by atoms with van der Waals surface area (Å²) in [5.74, 6) is 0.0405. The fourth-order valence-electron chi connectivity index (χ4n) is 0.876. The molecular weight excluding hydrogens is 180 g/mol. The van der Waals surface area contributed by atoms with Crippen LogP contribution in [0.25, 0.3) is 0 Å². The Hall–Kier alpha value is -0.610. The number of ether oxygens (including phenoxy) is 1. The predicted molar refractivity (Wildman–Crippen MR) is 57.3 cm³/mol. The molecule has 2 N–H and O–H groups in total. The normalized spacial score (nSPS) is 11.4. The Labute approximate surface area is 86.4 Å². The van der Waals surface area contributed by atoms with Crippen LogP contribution in [0, 0.1) is 0 Å². The Morgan fingerprint density at radius 3 is 2.57 bits per heavy atom. The summed E-state index contributed by atoms with van der Waals surface area (Å²) in [4.78, 5) is 11.2. The van der Waals surface area contributed by atoms with Gasteiger partial charge in [-0.25, -0.2) is 0 Å². The van der Waals surface area contributed by atoms with Crippen molar-refractivity contribution in [3.63, 3.8) is 0 Å². The fraction of sp³-hybridized carbons (Fsp3) is 0.900. The first-order valence-electron chi connectivity index (χ1n) is 5.04. The number of amides is 1. The smallest absolute Gasteiger partial charge is 0.233 e. The number of hydrogen-bond donors (Lipinski definition) is 2. The van der Waals surface area contributed by atoms with Gasteiger partial charge in [0.15, 0.2) is 0 Å². The molecule has 4 nitrogen and oxygen atoms in total. The number of rotatable bonds is 7. The van der Waals surface area contributed by atoms with Crippen molar-refractivity contribution in [2.24, 2.45) is 0 Å². The molecule has 0 spiro atoms. The topological polar surface area (TPSA) is 50.4 Å². The second-order valence-corrected chi connectivity index (χ2v) is 3.92. The summed E-state index contributed by atoms with van der Waals surface area (Å²) in [7, 11) is 1.67. The van der Waals surface area contributed by atoms with Gasteiger partial charge in [-0.3, -0.25) is 4.79 Å². The molecule has 0 heterocycles. The average Bonchev–Trinajstić information content (AvgIpc) is 2.14. The van der Waals surface area contributed by atoms with E-state index in [0.717, 1.165) is 13.0 Å². The van der Waals surface area contributed by atoms with Crippen molar-refractivity contribution in [3.8, 4) is 0 Å². The van der Waals surface area contributed by atoms with Gasteiger partial charge in [-0.15, -0.1) is 0 Å². The van der Waals surface area contributed by atoms with Gasteiger partial charge in [0.2, 0.25) is 5.91 Å². The fourth-order valence-corrected chi connectivity index (χ4v) is 0.876. The van der Waals surface area contributed by atoms with Crippen molar-refractivity contribution < 1.29 is 9.53 Å². The van der Waals surface area contributed by atoms with Crippen molar-refractivity contribution in [2.45, 2.75) is 32.8 Å². The summed E-state index contributed by atoms with van der Waals surface area (Å²) in [5.41, 5.74) is -0.217. The van der Waals surface area contributed by atoms with E-state index < -0.39 is 0 Å². The van der Waals surface area contributed by atoms with Crippen LogP contribution in [0.1, 0.15) is 27.2 Å². The number of methoxy groups -OCH3 is 1. The van der Waals surface area contributed by atoms with Gasteiger partial charge in [-0.05, 0) is 20.3 Å². The van der Waals surface area contributed by atoms with Crippen LogP contribution in [0.3, 0.4) is 0 Å². The second-order valence-electron chi connectivity index (χ2n) is 3.92. The van der Waals surface area contributed by atoms with E-state index in [1.165, 1.54) is 0 Å². The summed E-state index contributed by atoms with van der Waals surface area (Å²) in [6.07, 6.45) is 0.968. The Morgan fingerprint density at radius 1 is 1.43 bits per heavy atom. The summed E-state index contributed by atoms with van der Waals surface area (Å²) in [5, 5.41) is 5.84. The highest BCUT2D eigenvalue weighted by Gasteiger charge is 2.15. The van der Waals surface area contributed by atoms with Gasteiger partial charge in [-0.2, -0.15) is 0 Å². The summed E-state index contributed by atoms with van der Waals surface area (Å²) in [6.45, 7) is 7.75. The Morgan fingerprint density at radius 2 is 2.07 bits per heavy atom. The van der Waals surface area contributed by atoms with Crippen LogP contribution in [0.5, 0.6) is 0 Å². The molecule has 0 aromatic carbocycles. The van der Waals surface area contributed by atoms with Crippen LogP contribution in [0.15, 0.2) is 0 Å². The third-order valence-corrected chi connectivity index (χ3v) is 1.96. The van der Waals surface area contributed by atoms with Gasteiger partial charge < -0.3 is 15.4 Å². The molecule has 0 fully saturated rings. The van der Waals surface area contributed by atoms with E-state index in [1.807, 2.05) is 20.8 Å². The first-order valence-corrected chi connectivity index (χ1v) is 5.04. The zero-order valence-electron chi connectivity index (χ0n) is 9.64. The van der Waals surface area contributed by atoms with E-state index in [2.05, 4.69) is 10.6 Å². The van der Waals surface area contributed by atoms with Crippen LogP contribution in [-0.2, 0) is 9.53 Å². The van der Waals surface area contributed by atoms with Crippen LogP contribution in [0.2, 0.25) is 0 Å². The Bertz CT molecular complexity index is 170. The summed E-state index contributed by atoms with van der Waals surface area (Å²) in [6, 6.07) is 0.